The van der Waals surface area contributed by atoms with E-state index in [0.717, 1.165) is 31.9 Å². The fraction of sp³-hybridized carbons (Fsp3) is 0.778. The van der Waals surface area contributed by atoms with Crippen molar-refractivity contribution in [3.05, 3.63) is 12.2 Å². The lowest BCUT2D eigenvalue weighted by Gasteiger charge is -2.62. The van der Waals surface area contributed by atoms with Gasteiger partial charge in [-0.1, -0.05) is 6.58 Å². The molecule has 6 nitrogen and oxygen atoms in total. The highest BCUT2D eigenvalue weighted by Gasteiger charge is 2.61. The third-order valence-electron chi connectivity index (χ3n) is 6.48. The Morgan fingerprint density at radius 3 is 2.52 bits per heavy atom. The number of amides is 1. The van der Waals surface area contributed by atoms with Crippen LogP contribution in [0.2, 0.25) is 0 Å². The number of rotatable bonds is 5. The molecule has 0 aromatic heterocycles. The summed E-state index contributed by atoms with van der Waals surface area (Å²) in [5.41, 5.74) is -0.221. The molecule has 0 heterocycles. The van der Waals surface area contributed by atoms with Crippen LogP contribution in [0.25, 0.3) is 0 Å². The number of sulfonamides is 1. The first-order valence-corrected chi connectivity index (χ1v) is 10.8. The van der Waals surface area contributed by atoms with Gasteiger partial charge < -0.3 is 4.74 Å². The lowest BCUT2D eigenvalue weighted by molar-refractivity contribution is -0.216. The molecule has 0 saturated heterocycles. The molecule has 4 rings (SSSR count). The molecule has 7 heteroatoms. The second-order valence-corrected chi connectivity index (χ2v) is 10.1. The van der Waals surface area contributed by atoms with Gasteiger partial charge in [0.05, 0.1) is 6.26 Å². The fourth-order valence-corrected chi connectivity index (χ4v) is 6.03. The Morgan fingerprint density at radius 1 is 1.24 bits per heavy atom. The first kappa shape index (κ1) is 18.4. The van der Waals surface area contributed by atoms with Gasteiger partial charge in [-0.25, -0.2) is 13.2 Å². The number of carbonyl (C=O) groups excluding carboxylic acids is 2. The molecule has 25 heavy (non-hydrogen) atoms. The summed E-state index contributed by atoms with van der Waals surface area (Å²) in [7, 11) is -3.56. The van der Waals surface area contributed by atoms with E-state index in [4.69, 9.17) is 4.74 Å². The van der Waals surface area contributed by atoms with Crippen LogP contribution in [0.15, 0.2) is 12.2 Å². The number of hydrogen-bond acceptors (Lipinski definition) is 5. The van der Waals surface area contributed by atoms with Crippen LogP contribution in [0.1, 0.15) is 46.0 Å². The Balaban J connectivity index is 1.82. The Kier molecular flexibility index (Phi) is 4.50. The molecule has 0 aliphatic heterocycles. The van der Waals surface area contributed by atoms with E-state index in [2.05, 4.69) is 11.3 Å². The number of nitrogens with one attached hydrogen (secondary N) is 1. The largest absolute Gasteiger partial charge is 0.455 e. The molecule has 4 aliphatic rings. The molecule has 4 bridgehead atoms. The van der Waals surface area contributed by atoms with Crippen molar-refractivity contribution in [1.82, 2.24) is 4.72 Å². The summed E-state index contributed by atoms with van der Waals surface area (Å²) in [6.45, 7) is 7.30. The fourth-order valence-electron chi connectivity index (χ4n) is 5.54. The molecule has 1 amide bonds. The topological polar surface area (TPSA) is 89.5 Å². The van der Waals surface area contributed by atoms with Gasteiger partial charge >= 0.3 is 5.97 Å². The zero-order valence-corrected chi connectivity index (χ0v) is 15.9. The summed E-state index contributed by atoms with van der Waals surface area (Å²) >= 11 is 0. The summed E-state index contributed by atoms with van der Waals surface area (Å²) in [5, 5.41) is 0. The number of hydrogen-bond donors (Lipinski definition) is 1. The summed E-state index contributed by atoms with van der Waals surface area (Å²) in [6.07, 6.45) is 5.18. The van der Waals surface area contributed by atoms with Crippen LogP contribution in [0.4, 0.5) is 0 Å². The first-order chi connectivity index (χ1) is 11.5. The number of carbonyl (C=O) groups is 2. The Hall–Kier alpha value is -1.37. The van der Waals surface area contributed by atoms with E-state index in [1.807, 2.05) is 6.92 Å². The highest BCUT2D eigenvalue weighted by molar-refractivity contribution is 7.89. The molecular weight excluding hydrogens is 342 g/mol. The average molecular weight is 369 g/mol. The van der Waals surface area contributed by atoms with Crippen molar-refractivity contribution in [2.24, 2.45) is 29.6 Å². The molecule has 4 fully saturated rings. The van der Waals surface area contributed by atoms with Gasteiger partial charge in [0.25, 0.3) is 0 Å². The van der Waals surface area contributed by atoms with E-state index in [-0.39, 0.29) is 24.2 Å². The van der Waals surface area contributed by atoms with Crippen LogP contribution in [-0.4, -0.2) is 32.2 Å². The van der Waals surface area contributed by atoms with Gasteiger partial charge in [-0.2, -0.15) is 0 Å². The Morgan fingerprint density at radius 2 is 1.92 bits per heavy atom. The molecule has 4 aliphatic carbocycles. The first-order valence-electron chi connectivity index (χ1n) is 8.89. The molecule has 0 spiro atoms. The van der Waals surface area contributed by atoms with E-state index in [9.17, 15) is 18.0 Å². The monoisotopic (exact) mass is 369 g/mol. The maximum Gasteiger partial charge on any atom is 0.333 e. The summed E-state index contributed by atoms with van der Waals surface area (Å²) in [6, 6.07) is 0. The normalized spacial score (nSPS) is 39.1. The van der Waals surface area contributed by atoms with Crippen molar-refractivity contribution in [1.29, 1.82) is 0 Å². The third kappa shape index (κ3) is 3.48. The van der Waals surface area contributed by atoms with Crippen LogP contribution in [0, 0.1) is 29.6 Å². The van der Waals surface area contributed by atoms with Crippen LogP contribution >= 0.6 is 0 Å². The van der Waals surface area contributed by atoms with Crippen molar-refractivity contribution in [3.8, 4) is 0 Å². The third-order valence-corrected chi connectivity index (χ3v) is 7.08. The summed E-state index contributed by atoms with van der Waals surface area (Å²) in [4.78, 5) is 24.4. The number of esters is 1. The minimum atomic E-state index is -3.56. The molecular formula is C18H27NO5S. The standard InChI is InChI=1S/C18H27NO5S/c1-10(2)17(21)24-18(3)13-6-11-5-12(8-13)14(15(18)7-11)9-16(20)19-25(4,22)23/h11-15H,1,5-9H2,2-4H3,(H,19,20). The predicted octanol–water partition coefficient (Wildman–Crippen LogP) is 2.01. The van der Waals surface area contributed by atoms with Gasteiger partial charge in [-0.05, 0) is 63.2 Å². The molecule has 6 atom stereocenters. The second-order valence-electron chi connectivity index (χ2n) is 8.39. The average Bonchev–Trinajstić information content (AvgIpc) is 2.45. The van der Waals surface area contributed by atoms with Gasteiger partial charge in [0, 0.05) is 17.9 Å². The van der Waals surface area contributed by atoms with Gasteiger partial charge in [-0.15, -0.1) is 0 Å². The maximum atomic E-state index is 12.2. The highest BCUT2D eigenvalue weighted by atomic mass is 32.2. The van der Waals surface area contributed by atoms with E-state index in [0.29, 0.717) is 23.3 Å². The summed E-state index contributed by atoms with van der Waals surface area (Å²) < 4.78 is 30.6. The molecule has 4 saturated carbocycles. The summed E-state index contributed by atoms with van der Waals surface area (Å²) in [5.74, 6) is 0.647. The SMILES string of the molecule is C=C(C)C(=O)OC1(C)C2CC3CC(C2)C(CC(=O)NS(C)(=O)=O)C1C3. The van der Waals surface area contributed by atoms with Crippen LogP contribution < -0.4 is 4.72 Å². The van der Waals surface area contributed by atoms with Gasteiger partial charge in [0.1, 0.15) is 5.60 Å². The van der Waals surface area contributed by atoms with Crippen molar-refractivity contribution >= 4 is 21.9 Å². The molecule has 1 N–H and O–H groups in total. The second kappa shape index (κ2) is 6.11. The lowest BCUT2D eigenvalue weighted by atomic mass is 9.46. The van der Waals surface area contributed by atoms with Crippen molar-refractivity contribution in [2.75, 3.05) is 6.26 Å². The minimum absolute atomic E-state index is 0.0532. The molecule has 0 aromatic rings. The Bertz CT molecular complexity index is 715. The van der Waals surface area contributed by atoms with Crippen molar-refractivity contribution < 1.29 is 22.7 Å². The van der Waals surface area contributed by atoms with Crippen LogP contribution in [0.5, 0.6) is 0 Å². The zero-order chi connectivity index (χ0) is 18.6. The van der Waals surface area contributed by atoms with Crippen LogP contribution in [0.3, 0.4) is 0 Å². The van der Waals surface area contributed by atoms with E-state index >= 15 is 0 Å². The molecule has 0 aromatic carbocycles. The van der Waals surface area contributed by atoms with E-state index in [1.54, 1.807) is 6.92 Å². The van der Waals surface area contributed by atoms with E-state index in [1.165, 1.54) is 0 Å². The smallest absolute Gasteiger partial charge is 0.333 e. The quantitative estimate of drug-likeness (QED) is 0.591. The number of ether oxygens (including phenoxy) is 1. The van der Waals surface area contributed by atoms with Gasteiger partial charge in [0.15, 0.2) is 0 Å². The van der Waals surface area contributed by atoms with E-state index < -0.39 is 21.5 Å². The predicted molar refractivity (Wildman–Crippen MR) is 92.8 cm³/mol. The highest BCUT2D eigenvalue weighted by Crippen LogP contribution is 2.62. The molecule has 6 unspecified atom stereocenters. The zero-order valence-electron chi connectivity index (χ0n) is 15.1. The lowest BCUT2D eigenvalue weighted by Crippen LogP contribution is -2.62. The minimum Gasteiger partial charge on any atom is -0.455 e. The molecule has 0 radical (unpaired) electrons. The maximum absolute atomic E-state index is 12.2. The van der Waals surface area contributed by atoms with Gasteiger partial charge in [-0.3, -0.25) is 9.52 Å². The molecule has 140 valence electrons. The van der Waals surface area contributed by atoms with Crippen molar-refractivity contribution in [3.63, 3.8) is 0 Å². The Labute approximate surface area is 149 Å². The van der Waals surface area contributed by atoms with Gasteiger partial charge in [0.2, 0.25) is 15.9 Å². The van der Waals surface area contributed by atoms with Crippen LogP contribution in [-0.2, 0) is 24.3 Å². The van der Waals surface area contributed by atoms with Crippen molar-refractivity contribution in [2.45, 2.75) is 51.6 Å².